The van der Waals surface area contributed by atoms with Crippen LogP contribution in [0.3, 0.4) is 0 Å². The van der Waals surface area contributed by atoms with Gasteiger partial charge in [-0.25, -0.2) is 4.79 Å². The van der Waals surface area contributed by atoms with Gasteiger partial charge in [0.2, 0.25) is 0 Å². The molecule has 0 radical (unpaired) electrons. The van der Waals surface area contributed by atoms with Gasteiger partial charge in [-0.3, -0.25) is 4.98 Å². The number of pyridine rings is 1. The van der Waals surface area contributed by atoms with Crippen LogP contribution >= 0.6 is 0 Å². The lowest BCUT2D eigenvalue weighted by Gasteiger charge is -2.27. The smallest absolute Gasteiger partial charge is 0.332 e. The largest absolute Gasteiger partial charge is 0.487 e. The number of hydrogen-bond donors (Lipinski definition) is 0. The second-order valence-corrected chi connectivity index (χ2v) is 8.74. The molecule has 1 aliphatic heterocycles. The van der Waals surface area contributed by atoms with Gasteiger partial charge in [-0.2, -0.15) is 0 Å². The van der Waals surface area contributed by atoms with Crippen molar-refractivity contribution in [2.45, 2.75) is 58.8 Å². The van der Waals surface area contributed by atoms with E-state index in [2.05, 4.69) is 41.1 Å². The van der Waals surface area contributed by atoms with Gasteiger partial charge in [0, 0.05) is 12.6 Å². The van der Waals surface area contributed by atoms with E-state index in [-0.39, 0.29) is 18.6 Å². The van der Waals surface area contributed by atoms with Crippen LogP contribution in [0.15, 0.2) is 42.7 Å². The summed E-state index contributed by atoms with van der Waals surface area (Å²) in [6.07, 6.45) is 5.68. The molecule has 0 aliphatic carbocycles. The van der Waals surface area contributed by atoms with Crippen LogP contribution in [0.4, 0.5) is 5.69 Å². The van der Waals surface area contributed by atoms with E-state index in [9.17, 15) is 4.79 Å². The Morgan fingerprint density at radius 2 is 1.97 bits per heavy atom. The Hall–Kier alpha value is -2.60. The Bertz CT molecular complexity index is 830. The van der Waals surface area contributed by atoms with Gasteiger partial charge in [0.1, 0.15) is 24.6 Å². The van der Waals surface area contributed by atoms with Crippen molar-refractivity contribution >= 4 is 11.7 Å². The van der Waals surface area contributed by atoms with Gasteiger partial charge in [0.25, 0.3) is 0 Å². The van der Waals surface area contributed by atoms with Crippen molar-refractivity contribution < 1.29 is 19.0 Å². The fourth-order valence-corrected chi connectivity index (χ4v) is 3.49. The molecule has 0 bridgehead atoms. The zero-order valence-electron chi connectivity index (χ0n) is 18.4. The molecule has 0 amide bonds. The molecule has 1 saturated heterocycles. The molecule has 1 atom stereocenters. The maximum Gasteiger partial charge on any atom is 0.332 e. The number of hydrogen-bond acceptors (Lipinski definition) is 6. The van der Waals surface area contributed by atoms with Crippen LogP contribution in [0.2, 0.25) is 0 Å². The Morgan fingerprint density at radius 3 is 2.70 bits per heavy atom. The third-order valence-corrected chi connectivity index (χ3v) is 4.88. The Labute approximate surface area is 179 Å². The summed E-state index contributed by atoms with van der Waals surface area (Å²) in [5.74, 6) is 0.411. The Kier molecular flexibility index (Phi) is 7.32. The van der Waals surface area contributed by atoms with E-state index in [1.165, 1.54) is 5.56 Å². The molecule has 2 aromatic rings. The maximum atomic E-state index is 11.8. The van der Waals surface area contributed by atoms with Gasteiger partial charge < -0.3 is 19.1 Å². The summed E-state index contributed by atoms with van der Waals surface area (Å²) in [5, 5.41) is 0. The first-order valence-electron chi connectivity index (χ1n) is 10.5. The van der Waals surface area contributed by atoms with Crippen LogP contribution in [0, 0.1) is 6.92 Å². The van der Waals surface area contributed by atoms with Gasteiger partial charge in [0.05, 0.1) is 30.7 Å². The summed E-state index contributed by atoms with van der Waals surface area (Å²) < 4.78 is 16.9. The fourth-order valence-electron chi connectivity index (χ4n) is 3.49. The highest BCUT2D eigenvalue weighted by molar-refractivity contribution is 5.71. The van der Waals surface area contributed by atoms with Crippen molar-refractivity contribution in [1.29, 1.82) is 0 Å². The van der Waals surface area contributed by atoms with Crippen molar-refractivity contribution in [2.75, 3.05) is 24.7 Å². The third kappa shape index (κ3) is 6.73. The molecule has 0 saturated carbocycles. The second-order valence-electron chi connectivity index (χ2n) is 8.74. The number of anilines is 1. The second kappa shape index (κ2) is 9.94. The van der Waals surface area contributed by atoms with Gasteiger partial charge in [-0.15, -0.1) is 0 Å². The average Bonchev–Trinajstić information content (AvgIpc) is 3.15. The number of benzene rings is 1. The van der Waals surface area contributed by atoms with Crippen LogP contribution in [-0.2, 0) is 20.9 Å². The lowest BCUT2D eigenvalue weighted by Crippen LogP contribution is -2.34. The first-order valence-corrected chi connectivity index (χ1v) is 10.5. The first kappa shape index (κ1) is 22.1. The molecule has 1 aliphatic rings. The van der Waals surface area contributed by atoms with E-state index in [1.54, 1.807) is 6.20 Å². The van der Waals surface area contributed by atoms with Crippen molar-refractivity contribution in [3.63, 3.8) is 0 Å². The highest BCUT2D eigenvalue weighted by atomic mass is 16.6. The minimum atomic E-state index is -0.496. The van der Waals surface area contributed by atoms with Crippen molar-refractivity contribution in [3.8, 4) is 5.75 Å². The minimum Gasteiger partial charge on any atom is -0.487 e. The van der Waals surface area contributed by atoms with E-state index < -0.39 is 5.60 Å². The molecular formula is C24H32N2O4. The Morgan fingerprint density at radius 1 is 1.20 bits per heavy atom. The number of aromatic nitrogens is 1. The summed E-state index contributed by atoms with van der Waals surface area (Å²) >= 11 is 0. The number of aryl methyl sites for hydroxylation is 1. The molecule has 30 heavy (non-hydrogen) atoms. The van der Waals surface area contributed by atoms with Crippen LogP contribution in [-0.4, -0.2) is 42.4 Å². The van der Waals surface area contributed by atoms with Crippen LogP contribution in [0.25, 0.3) is 0 Å². The van der Waals surface area contributed by atoms with Crippen molar-refractivity contribution in [3.05, 3.63) is 53.9 Å². The molecule has 0 spiro atoms. The number of esters is 1. The van der Waals surface area contributed by atoms with Crippen LogP contribution < -0.4 is 9.64 Å². The van der Waals surface area contributed by atoms with Gasteiger partial charge in [0.15, 0.2) is 0 Å². The van der Waals surface area contributed by atoms with Gasteiger partial charge in [-0.1, -0.05) is 29.8 Å². The van der Waals surface area contributed by atoms with E-state index in [4.69, 9.17) is 14.2 Å². The molecule has 0 N–H and O–H groups in total. The summed E-state index contributed by atoms with van der Waals surface area (Å²) in [6.45, 7) is 9.52. The first-order chi connectivity index (χ1) is 14.3. The number of carbonyl (C=O) groups is 1. The molecule has 0 unspecified atom stereocenters. The SMILES string of the molecule is Cc1ccc(COc2cncc(N3CCC[C@@H]3COCC(=O)OC(C)(C)C)c2)cc1. The van der Waals surface area contributed by atoms with Crippen LogP contribution in [0.5, 0.6) is 5.75 Å². The topological polar surface area (TPSA) is 60.9 Å². The molecule has 6 nitrogen and oxygen atoms in total. The summed E-state index contributed by atoms with van der Waals surface area (Å²) in [7, 11) is 0. The molecule has 1 fully saturated rings. The quantitative estimate of drug-likeness (QED) is 0.603. The molecule has 2 heterocycles. The zero-order valence-corrected chi connectivity index (χ0v) is 18.4. The predicted octanol–water partition coefficient (Wildman–Crippen LogP) is 4.30. The van der Waals surface area contributed by atoms with E-state index >= 15 is 0 Å². The maximum absolute atomic E-state index is 11.8. The van der Waals surface area contributed by atoms with Crippen molar-refractivity contribution in [1.82, 2.24) is 4.98 Å². The highest BCUT2D eigenvalue weighted by Crippen LogP contribution is 2.28. The number of rotatable bonds is 8. The monoisotopic (exact) mass is 412 g/mol. The van der Waals surface area contributed by atoms with Gasteiger partial charge in [-0.05, 0) is 46.1 Å². The van der Waals surface area contributed by atoms with E-state index in [1.807, 2.05) is 33.0 Å². The molecular weight excluding hydrogens is 380 g/mol. The molecule has 1 aromatic carbocycles. The molecule has 3 rings (SSSR count). The number of ether oxygens (including phenoxy) is 3. The average molecular weight is 413 g/mol. The fraction of sp³-hybridized carbons (Fsp3) is 0.500. The summed E-state index contributed by atoms with van der Waals surface area (Å²) in [6, 6.07) is 10.5. The number of carbonyl (C=O) groups excluding carboxylic acids is 1. The lowest BCUT2D eigenvalue weighted by molar-refractivity contribution is -0.160. The van der Waals surface area contributed by atoms with Gasteiger partial charge >= 0.3 is 5.97 Å². The molecule has 1 aromatic heterocycles. The van der Waals surface area contributed by atoms with Crippen molar-refractivity contribution in [2.24, 2.45) is 0 Å². The lowest BCUT2D eigenvalue weighted by atomic mass is 10.2. The molecule has 6 heteroatoms. The molecule has 162 valence electrons. The predicted molar refractivity (Wildman–Crippen MR) is 117 cm³/mol. The van der Waals surface area contributed by atoms with E-state index in [0.29, 0.717) is 13.2 Å². The normalized spacial score (nSPS) is 16.5. The third-order valence-electron chi connectivity index (χ3n) is 4.88. The van der Waals surface area contributed by atoms with Crippen LogP contribution in [0.1, 0.15) is 44.7 Å². The standard InChI is InChI=1S/C24H32N2O4/c1-18-7-9-19(10-8-18)15-29-22-12-21(13-25-14-22)26-11-5-6-20(26)16-28-17-23(27)30-24(2,3)4/h7-10,12-14,20H,5-6,11,15-17H2,1-4H3/t20-/m1/s1. The van der Waals surface area contributed by atoms with E-state index in [0.717, 1.165) is 36.4 Å². The number of nitrogens with zero attached hydrogens (tertiary/aromatic N) is 2. The zero-order chi connectivity index (χ0) is 21.6. The summed E-state index contributed by atoms with van der Waals surface area (Å²) in [4.78, 5) is 18.5. The Balaban J connectivity index is 1.53. The minimum absolute atomic E-state index is 0.0282. The summed E-state index contributed by atoms with van der Waals surface area (Å²) in [5.41, 5.74) is 2.88. The highest BCUT2D eigenvalue weighted by Gasteiger charge is 2.26.